The molecule has 1 fully saturated rings. The van der Waals surface area contributed by atoms with E-state index in [1.807, 2.05) is 6.07 Å². The number of carbonyl (C=O) groups is 1. The van der Waals surface area contributed by atoms with Gasteiger partial charge in [-0.25, -0.2) is 0 Å². The number of carbonyl (C=O) groups excluding carboxylic acids is 1. The van der Waals surface area contributed by atoms with Gasteiger partial charge in [0.25, 0.3) is 5.91 Å². The summed E-state index contributed by atoms with van der Waals surface area (Å²) in [4.78, 5) is 16.1. The van der Waals surface area contributed by atoms with E-state index >= 15 is 0 Å². The van der Waals surface area contributed by atoms with E-state index in [4.69, 9.17) is 4.74 Å². The fourth-order valence-corrected chi connectivity index (χ4v) is 1.94. The lowest BCUT2D eigenvalue weighted by atomic mass is 10.3. The average molecular weight is 291 g/mol. The summed E-state index contributed by atoms with van der Waals surface area (Å²) < 4.78 is 5.53. The molecule has 0 saturated heterocycles. The third kappa shape index (κ3) is 6.12. The zero-order valence-electron chi connectivity index (χ0n) is 12.7. The van der Waals surface area contributed by atoms with Crippen LogP contribution in [0, 0.1) is 5.92 Å². The van der Waals surface area contributed by atoms with Crippen molar-refractivity contribution in [3.05, 3.63) is 24.0 Å². The van der Waals surface area contributed by atoms with Crippen LogP contribution in [-0.2, 0) is 4.74 Å². The van der Waals surface area contributed by atoms with Crippen LogP contribution in [0.5, 0.6) is 0 Å². The molecule has 2 N–H and O–H groups in total. The highest BCUT2D eigenvalue weighted by Crippen LogP contribution is 2.28. The van der Waals surface area contributed by atoms with Gasteiger partial charge in [0, 0.05) is 38.2 Å². The molecule has 0 spiro atoms. The molecule has 21 heavy (non-hydrogen) atoms. The first-order chi connectivity index (χ1) is 10.3. The molecule has 0 aliphatic heterocycles. The lowest BCUT2D eigenvalue weighted by molar-refractivity contribution is 0.0932. The van der Waals surface area contributed by atoms with E-state index in [0.717, 1.165) is 37.6 Å². The van der Waals surface area contributed by atoms with Crippen LogP contribution in [0.3, 0.4) is 0 Å². The van der Waals surface area contributed by atoms with Crippen LogP contribution in [0.1, 0.15) is 43.1 Å². The molecule has 0 radical (unpaired) electrons. The quantitative estimate of drug-likeness (QED) is 0.650. The van der Waals surface area contributed by atoms with Crippen molar-refractivity contribution in [1.29, 1.82) is 0 Å². The number of rotatable bonds is 10. The van der Waals surface area contributed by atoms with Crippen molar-refractivity contribution in [1.82, 2.24) is 10.3 Å². The zero-order valence-corrected chi connectivity index (χ0v) is 12.7. The number of ether oxygens (including phenoxy) is 1. The van der Waals surface area contributed by atoms with Gasteiger partial charge in [0.1, 0.15) is 5.69 Å². The summed E-state index contributed by atoms with van der Waals surface area (Å²) >= 11 is 0. The van der Waals surface area contributed by atoms with Crippen LogP contribution >= 0.6 is 0 Å². The number of aromatic nitrogens is 1. The maximum atomic E-state index is 12.0. The number of anilines is 1. The smallest absolute Gasteiger partial charge is 0.269 e. The molecule has 116 valence electrons. The van der Waals surface area contributed by atoms with E-state index in [-0.39, 0.29) is 5.91 Å². The van der Waals surface area contributed by atoms with E-state index in [1.54, 1.807) is 12.3 Å². The Kier molecular flexibility index (Phi) is 6.47. The molecule has 0 aromatic carbocycles. The highest BCUT2D eigenvalue weighted by atomic mass is 16.5. The number of pyridine rings is 1. The third-order valence-electron chi connectivity index (χ3n) is 3.37. The van der Waals surface area contributed by atoms with E-state index in [9.17, 15) is 4.79 Å². The van der Waals surface area contributed by atoms with E-state index in [2.05, 4.69) is 22.5 Å². The van der Waals surface area contributed by atoms with Crippen molar-refractivity contribution >= 4 is 11.6 Å². The number of amides is 1. The normalized spacial score (nSPS) is 14.0. The van der Waals surface area contributed by atoms with Gasteiger partial charge in [0.15, 0.2) is 0 Å². The highest BCUT2D eigenvalue weighted by molar-refractivity contribution is 5.93. The van der Waals surface area contributed by atoms with E-state index in [0.29, 0.717) is 18.8 Å². The van der Waals surface area contributed by atoms with Crippen molar-refractivity contribution in [2.24, 2.45) is 5.92 Å². The molecule has 1 aliphatic rings. The second kappa shape index (κ2) is 8.62. The van der Waals surface area contributed by atoms with Crippen LogP contribution < -0.4 is 10.6 Å². The second-order valence-corrected chi connectivity index (χ2v) is 5.48. The van der Waals surface area contributed by atoms with Gasteiger partial charge in [-0.3, -0.25) is 9.78 Å². The minimum Gasteiger partial charge on any atom is -0.385 e. The average Bonchev–Trinajstić information content (AvgIpc) is 3.33. The van der Waals surface area contributed by atoms with Crippen LogP contribution in [0.25, 0.3) is 0 Å². The van der Waals surface area contributed by atoms with Crippen LogP contribution in [0.4, 0.5) is 5.69 Å². The highest BCUT2D eigenvalue weighted by Gasteiger charge is 2.20. The van der Waals surface area contributed by atoms with Crippen LogP contribution in [0.15, 0.2) is 18.3 Å². The van der Waals surface area contributed by atoms with Crippen LogP contribution in [-0.4, -0.2) is 37.2 Å². The van der Waals surface area contributed by atoms with Crippen LogP contribution in [0.2, 0.25) is 0 Å². The van der Waals surface area contributed by atoms with Gasteiger partial charge in [-0.05, 0) is 43.7 Å². The van der Waals surface area contributed by atoms with Gasteiger partial charge in [0.05, 0.1) is 0 Å². The summed E-state index contributed by atoms with van der Waals surface area (Å²) in [6.45, 7) is 5.21. The molecule has 1 amide bonds. The Morgan fingerprint density at radius 2 is 2.29 bits per heavy atom. The second-order valence-electron chi connectivity index (χ2n) is 5.48. The first-order valence-electron chi connectivity index (χ1n) is 7.85. The minimum absolute atomic E-state index is 0.127. The monoisotopic (exact) mass is 291 g/mol. The summed E-state index contributed by atoms with van der Waals surface area (Å²) in [7, 11) is 0. The maximum Gasteiger partial charge on any atom is 0.269 e. The standard InChI is InChI=1S/C16H25N3O2/c1-2-7-17-14-6-9-18-15(11-14)16(20)19-8-3-10-21-12-13-4-5-13/h6,9,11,13H,2-5,7-8,10,12H2,1H3,(H,17,18)(H,19,20). The van der Waals surface area contributed by atoms with Gasteiger partial charge in [0.2, 0.25) is 0 Å². The minimum atomic E-state index is -0.127. The van der Waals surface area contributed by atoms with Gasteiger partial charge in [-0.15, -0.1) is 0 Å². The summed E-state index contributed by atoms with van der Waals surface area (Å²) in [5, 5.41) is 6.13. The maximum absolute atomic E-state index is 12.0. The van der Waals surface area contributed by atoms with Crippen molar-refractivity contribution in [3.8, 4) is 0 Å². The molecule has 5 heteroatoms. The summed E-state index contributed by atoms with van der Waals surface area (Å²) in [6, 6.07) is 3.66. The van der Waals surface area contributed by atoms with Crippen molar-refractivity contribution in [3.63, 3.8) is 0 Å². The first kappa shape index (κ1) is 15.8. The van der Waals surface area contributed by atoms with Gasteiger partial charge < -0.3 is 15.4 Å². The number of hydrogen-bond acceptors (Lipinski definition) is 4. The zero-order chi connectivity index (χ0) is 14.9. The predicted octanol–water partition coefficient (Wildman–Crippen LogP) is 2.45. The molecule has 1 aromatic heterocycles. The Morgan fingerprint density at radius 1 is 1.43 bits per heavy atom. The van der Waals surface area contributed by atoms with Gasteiger partial charge >= 0.3 is 0 Å². The van der Waals surface area contributed by atoms with Gasteiger partial charge in [-0.2, -0.15) is 0 Å². The number of nitrogens with one attached hydrogen (secondary N) is 2. The molecular weight excluding hydrogens is 266 g/mol. The largest absolute Gasteiger partial charge is 0.385 e. The number of hydrogen-bond donors (Lipinski definition) is 2. The van der Waals surface area contributed by atoms with E-state index in [1.165, 1.54) is 12.8 Å². The Hall–Kier alpha value is -1.62. The molecule has 1 heterocycles. The van der Waals surface area contributed by atoms with Gasteiger partial charge in [-0.1, -0.05) is 6.92 Å². The van der Waals surface area contributed by atoms with Crippen molar-refractivity contribution < 1.29 is 9.53 Å². The summed E-state index contributed by atoms with van der Waals surface area (Å²) in [5.74, 6) is 0.666. The molecule has 2 rings (SSSR count). The molecule has 0 atom stereocenters. The lowest BCUT2D eigenvalue weighted by Crippen LogP contribution is -2.26. The predicted molar refractivity (Wildman–Crippen MR) is 83.5 cm³/mol. The Labute approximate surface area is 126 Å². The Morgan fingerprint density at radius 3 is 3.05 bits per heavy atom. The molecule has 1 aliphatic carbocycles. The fourth-order valence-electron chi connectivity index (χ4n) is 1.94. The van der Waals surface area contributed by atoms with E-state index < -0.39 is 0 Å². The summed E-state index contributed by atoms with van der Waals surface area (Å²) in [6.07, 6.45) is 6.16. The fraction of sp³-hybridized carbons (Fsp3) is 0.625. The SMILES string of the molecule is CCCNc1ccnc(C(=O)NCCCOCC2CC2)c1. The first-order valence-corrected chi connectivity index (χ1v) is 7.85. The summed E-state index contributed by atoms with van der Waals surface area (Å²) in [5.41, 5.74) is 1.39. The number of nitrogens with zero attached hydrogens (tertiary/aromatic N) is 1. The van der Waals surface area contributed by atoms with Crippen molar-refractivity contribution in [2.75, 3.05) is 31.6 Å². The topological polar surface area (TPSA) is 63.2 Å². The molecule has 1 aromatic rings. The third-order valence-corrected chi connectivity index (χ3v) is 3.37. The molecule has 5 nitrogen and oxygen atoms in total. The lowest BCUT2D eigenvalue weighted by Gasteiger charge is -2.08. The molecule has 0 bridgehead atoms. The molecule has 0 unspecified atom stereocenters. The Bertz CT molecular complexity index is 447. The molecular formula is C16H25N3O2. The molecule has 1 saturated carbocycles. The van der Waals surface area contributed by atoms with Crippen molar-refractivity contribution in [2.45, 2.75) is 32.6 Å². The Balaban J connectivity index is 1.64.